The first kappa shape index (κ1) is 30.9. The highest BCUT2D eigenvalue weighted by molar-refractivity contribution is 5.77. The van der Waals surface area contributed by atoms with E-state index in [0.29, 0.717) is 18.4 Å². The summed E-state index contributed by atoms with van der Waals surface area (Å²) in [6.07, 6.45) is -0.101. The molecule has 0 heterocycles. The second-order valence-corrected chi connectivity index (χ2v) is 9.89. The molecule has 0 saturated carbocycles. The third kappa shape index (κ3) is 11.1. The Labute approximate surface area is 212 Å². The van der Waals surface area contributed by atoms with Crippen molar-refractivity contribution in [2.75, 3.05) is 6.61 Å². The second-order valence-electron chi connectivity index (χ2n) is 9.89. The van der Waals surface area contributed by atoms with Gasteiger partial charge in [-0.1, -0.05) is 40.7 Å². The maximum Gasteiger partial charge on any atom is 0.508 e. The summed E-state index contributed by atoms with van der Waals surface area (Å²) in [5.74, 6) is -3.08. The molecule has 0 saturated heterocycles. The summed E-state index contributed by atoms with van der Waals surface area (Å²) >= 11 is 0. The van der Waals surface area contributed by atoms with Crippen LogP contribution in [-0.4, -0.2) is 47.9 Å². The number of carbonyl (C=O) groups excluding carboxylic acids is 3. The predicted molar refractivity (Wildman–Crippen MR) is 132 cm³/mol. The third-order valence-electron chi connectivity index (χ3n) is 4.98. The number of esters is 2. The lowest BCUT2D eigenvalue weighted by Crippen LogP contribution is -2.38. The number of rotatable bonds is 13. The smallest absolute Gasteiger partial charge is 0.480 e. The third-order valence-corrected chi connectivity index (χ3v) is 4.98. The van der Waals surface area contributed by atoms with Crippen LogP contribution in [0.4, 0.5) is 4.79 Å². The van der Waals surface area contributed by atoms with Crippen LogP contribution in [-0.2, 0) is 23.9 Å². The Hall–Kier alpha value is -3.14. The van der Waals surface area contributed by atoms with Gasteiger partial charge in [-0.2, -0.15) is 0 Å². The van der Waals surface area contributed by atoms with Crippen molar-refractivity contribution in [1.29, 1.82) is 0 Å². The quantitative estimate of drug-likeness (QED) is 0.286. The van der Waals surface area contributed by atoms with Gasteiger partial charge in [0.1, 0.15) is 12.1 Å². The number of benzene rings is 1. The summed E-state index contributed by atoms with van der Waals surface area (Å²) in [4.78, 5) is 48.0. The van der Waals surface area contributed by atoms with E-state index in [2.05, 4.69) is 0 Å². The van der Waals surface area contributed by atoms with E-state index in [-0.39, 0.29) is 42.8 Å². The summed E-state index contributed by atoms with van der Waals surface area (Å²) in [7, 11) is 0. The van der Waals surface area contributed by atoms with Crippen molar-refractivity contribution in [1.82, 2.24) is 0 Å². The molecule has 1 aromatic rings. The molecule has 0 fully saturated rings. The number of carboxylic acids is 1. The molecule has 36 heavy (non-hydrogen) atoms. The van der Waals surface area contributed by atoms with E-state index in [0.717, 1.165) is 0 Å². The highest BCUT2D eigenvalue weighted by atomic mass is 16.7. The molecular weight excluding hydrogens is 470 g/mol. The molecule has 0 spiro atoms. The Kier molecular flexibility index (Phi) is 12.4. The average molecular weight is 510 g/mol. The van der Waals surface area contributed by atoms with Crippen LogP contribution in [0.2, 0.25) is 0 Å². The van der Waals surface area contributed by atoms with Crippen LogP contribution < -0.4 is 15.2 Å². The molecule has 1 aromatic carbocycles. The van der Waals surface area contributed by atoms with E-state index >= 15 is 0 Å². The molecule has 0 amide bonds. The molecule has 0 bridgehead atoms. The molecule has 10 nitrogen and oxygen atoms in total. The van der Waals surface area contributed by atoms with Gasteiger partial charge in [0.2, 0.25) is 0 Å². The van der Waals surface area contributed by atoms with Crippen molar-refractivity contribution < 1.29 is 43.2 Å². The van der Waals surface area contributed by atoms with Gasteiger partial charge in [-0.3, -0.25) is 14.4 Å². The first-order chi connectivity index (χ1) is 16.8. The minimum Gasteiger partial charge on any atom is -0.480 e. The van der Waals surface area contributed by atoms with Gasteiger partial charge in [0.05, 0.1) is 6.61 Å². The molecule has 10 heteroatoms. The van der Waals surface area contributed by atoms with Gasteiger partial charge < -0.3 is 29.8 Å². The standard InChI is InChI=1S/C26H39NO9/c1-7-9-21(28)35-19-12-11-17(14-20(19)36-22(29)10-8-2)18(23(27)24(30)31)13-16(3)34-25(32)33-15-26(4,5)6/h11-12,14,16,18,23H,7-10,13,15,27H2,1-6H3,(H,30,31)/t16?,18?,23-/m0/s1. The van der Waals surface area contributed by atoms with Crippen molar-refractivity contribution in [3.05, 3.63) is 23.8 Å². The summed E-state index contributed by atoms with van der Waals surface area (Å²) in [5, 5.41) is 9.59. The molecule has 0 aliphatic carbocycles. The van der Waals surface area contributed by atoms with Crippen LogP contribution in [0.1, 0.15) is 85.1 Å². The summed E-state index contributed by atoms with van der Waals surface area (Å²) in [5.41, 5.74) is 6.15. The lowest BCUT2D eigenvalue weighted by atomic mass is 9.87. The Morgan fingerprint density at radius 3 is 2.03 bits per heavy atom. The first-order valence-corrected chi connectivity index (χ1v) is 12.1. The van der Waals surface area contributed by atoms with E-state index in [1.807, 2.05) is 34.6 Å². The van der Waals surface area contributed by atoms with Crippen molar-refractivity contribution in [3.63, 3.8) is 0 Å². The largest absolute Gasteiger partial charge is 0.508 e. The van der Waals surface area contributed by atoms with Crippen LogP contribution in [0.5, 0.6) is 11.5 Å². The summed E-state index contributed by atoms with van der Waals surface area (Å²) < 4.78 is 21.2. The van der Waals surface area contributed by atoms with Gasteiger partial charge in [0.25, 0.3) is 0 Å². The average Bonchev–Trinajstić information content (AvgIpc) is 2.76. The Balaban J connectivity index is 3.22. The van der Waals surface area contributed by atoms with Crippen LogP contribution in [0.25, 0.3) is 0 Å². The predicted octanol–water partition coefficient (Wildman–Crippen LogP) is 4.57. The molecule has 1 rings (SSSR count). The zero-order valence-corrected chi connectivity index (χ0v) is 22.0. The van der Waals surface area contributed by atoms with Gasteiger partial charge >= 0.3 is 24.1 Å². The maximum absolute atomic E-state index is 12.2. The van der Waals surface area contributed by atoms with Crippen molar-refractivity contribution in [3.8, 4) is 11.5 Å². The van der Waals surface area contributed by atoms with Gasteiger partial charge in [0.15, 0.2) is 11.5 Å². The minimum atomic E-state index is -1.35. The second kappa shape index (κ2) is 14.4. The monoisotopic (exact) mass is 509 g/mol. The molecular formula is C26H39NO9. The van der Waals surface area contributed by atoms with Crippen molar-refractivity contribution in [2.24, 2.45) is 11.1 Å². The van der Waals surface area contributed by atoms with Crippen LogP contribution in [0.15, 0.2) is 18.2 Å². The SMILES string of the molecule is CCCC(=O)Oc1ccc(C(CC(C)OC(=O)OCC(C)(C)C)[C@H](N)C(=O)O)cc1OC(=O)CCC. The molecule has 0 aliphatic rings. The van der Waals surface area contributed by atoms with Gasteiger partial charge in [-0.05, 0) is 49.3 Å². The zero-order valence-electron chi connectivity index (χ0n) is 22.0. The molecule has 2 unspecified atom stereocenters. The van der Waals surface area contributed by atoms with E-state index < -0.39 is 42.1 Å². The summed E-state index contributed by atoms with van der Waals surface area (Å²) in [6.45, 7) is 11.1. The molecule has 202 valence electrons. The zero-order chi connectivity index (χ0) is 27.5. The number of nitrogens with two attached hydrogens (primary N) is 1. The lowest BCUT2D eigenvalue weighted by molar-refractivity contribution is -0.139. The highest BCUT2D eigenvalue weighted by Crippen LogP contribution is 2.35. The van der Waals surface area contributed by atoms with E-state index in [1.54, 1.807) is 13.0 Å². The van der Waals surface area contributed by atoms with Crippen LogP contribution in [0.3, 0.4) is 0 Å². The fraction of sp³-hybridized carbons (Fsp3) is 0.615. The topological polar surface area (TPSA) is 151 Å². The number of carbonyl (C=O) groups is 4. The molecule has 0 aliphatic heterocycles. The number of aliphatic carboxylic acids is 1. The lowest BCUT2D eigenvalue weighted by Gasteiger charge is -2.25. The van der Waals surface area contributed by atoms with E-state index in [1.165, 1.54) is 12.1 Å². The maximum atomic E-state index is 12.2. The van der Waals surface area contributed by atoms with Gasteiger partial charge in [-0.25, -0.2) is 4.79 Å². The molecule has 0 aromatic heterocycles. The molecule has 3 N–H and O–H groups in total. The minimum absolute atomic E-state index is 0.0175. The number of ether oxygens (including phenoxy) is 4. The molecule has 3 atom stereocenters. The van der Waals surface area contributed by atoms with Gasteiger partial charge in [0, 0.05) is 18.8 Å². The highest BCUT2D eigenvalue weighted by Gasteiger charge is 2.30. The number of hydrogen-bond acceptors (Lipinski definition) is 9. The Morgan fingerprint density at radius 2 is 1.53 bits per heavy atom. The normalized spacial score (nSPS) is 13.8. The van der Waals surface area contributed by atoms with Crippen LogP contribution >= 0.6 is 0 Å². The molecule has 0 radical (unpaired) electrons. The van der Waals surface area contributed by atoms with Crippen LogP contribution in [0, 0.1) is 5.41 Å². The van der Waals surface area contributed by atoms with E-state index in [9.17, 15) is 24.3 Å². The summed E-state index contributed by atoms with van der Waals surface area (Å²) in [6, 6.07) is 3.06. The first-order valence-electron chi connectivity index (χ1n) is 12.1. The van der Waals surface area contributed by atoms with Crippen molar-refractivity contribution >= 4 is 24.1 Å². The van der Waals surface area contributed by atoms with Gasteiger partial charge in [-0.15, -0.1) is 0 Å². The van der Waals surface area contributed by atoms with Crippen molar-refractivity contribution in [2.45, 2.75) is 91.7 Å². The fourth-order valence-corrected chi connectivity index (χ4v) is 3.22. The Bertz CT molecular complexity index is 907. The Morgan fingerprint density at radius 1 is 0.972 bits per heavy atom. The number of hydrogen-bond donors (Lipinski definition) is 2. The van der Waals surface area contributed by atoms with E-state index in [4.69, 9.17) is 24.7 Å². The number of carboxylic acid groups (broad SMARTS) is 1. The fourth-order valence-electron chi connectivity index (χ4n) is 3.22.